The third-order valence-corrected chi connectivity index (χ3v) is 6.70. The van der Waals surface area contributed by atoms with Gasteiger partial charge in [0.05, 0.1) is 6.04 Å². The molecule has 26 heavy (non-hydrogen) atoms. The van der Waals surface area contributed by atoms with Crippen molar-refractivity contribution in [2.45, 2.75) is 51.5 Å². The molecule has 3 nitrogen and oxygen atoms in total. The summed E-state index contributed by atoms with van der Waals surface area (Å²) in [5.74, 6) is 1.44. The smallest absolute Gasteiger partial charge is 0.116 e. The molecule has 1 aromatic carbocycles. The predicted molar refractivity (Wildman–Crippen MR) is 116 cm³/mol. The monoisotopic (exact) mass is 482 g/mol. The number of hydrogen-bond donors (Lipinski definition) is 3. The topological polar surface area (TPSA) is 44.3 Å². The van der Waals surface area contributed by atoms with Gasteiger partial charge in [-0.05, 0) is 95.5 Å². The fourth-order valence-corrected chi connectivity index (χ4v) is 5.72. The quantitative estimate of drug-likeness (QED) is 0.504. The van der Waals surface area contributed by atoms with E-state index in [1.807, 2.05) is 26.0 Å². The third-order valence-electron chi connectivity index (χ3n) is 5.59. The lowest BCUT2D eigenvalue weighted by atomic mass is 9.73. The number of hydrogen-bond acceptors (Lipinski definition) is 3. The van der Waals surface area contributed by atoms with Crippen molar-refractivity contribution in [3.8, 4) is 5.75 Å². The number of phenols is 1. The van der Waals surface area contributed by atoms with Crippen molar-refractivity contribution in [1.29, 1.82) is 0 Å². The molecule has 0 radical (unpaired) electrons. The van der Waals surface area contributed by atoms with Gasteiger partial charge in [0.1, 0.15) is 5.75 Å². The molecule has 3 aliphatic rings. The van der Waals surface area contributed by atoms with E-state index in [1.165, 1.54) is 29.5 Å². The SMILES string of the molecule is CC.Oc1cc(Br)c2c(c1)CCC1=CC(Br)=CNC1C2C1CCNCC1. The Balaban J connectivity index is 0.000000948. The van der Waals surface area contributed by atoms with Crippen molar-refractivity contribution < 1.29 is 5.11 Å². The van der Waals surface area contributed by atoms with Crippen LogP contribution in [0.2, 0.25) is 0 Å². The Kier molecular flexibility index (Phi) is 6.87. The van der Waals surface area contributed by atoms with Gasteiger partial charge in [0.25, 0.3) is 0 Å². The van der Waals surface area contributed by atoms with Gasteiger partial charge in [-0.3, -0.25) is 0 Å². The summed E-state index contributed by atoms with van der Waals surface area (Å²) in [6.07, 6.45) is 8.79. The average Bonchev–Trinajstić information content (AvgIpc) is 2.81. The number of nitrogens with one attached hydrogen (secondary N) is 2. The summed E-state index contributed by atoms with van der Waals surface area (Å²) in [5.41, 5.74) is 4.15. The molecule has 1 aromatic rings. The highest BCUT2D eigenvalue weighted by atomic mass is 79.9. The van der Waals surface area contributed by atoms with Crippen molar-refractivity contribution in [2.75, 3.05) is 13.1 Å². The summed E-state index contributed by atoms with van der Waals surface area (Å²) in [6, 6.07) is 4.17. The van der Waals surface area contributed by atoms with Gasteiger partial charge in [-0.25, -0.2) is 0 Å². The lowest BCUT2D eigenvalue weighted by Gasteiger charge is -2.38. The molecule has 0 bridgehead atoms. The Labute approximate surface area is 173 Å². The van der Waals surface area contributed by atoms with Crippen LogP contribution >= 0.6 is 31.9 Å². The molecule has 142 valence electrons. The maximum atomic E-state index is 10.1. The molecule has 0 saturated carbocycles. The van der Waals surface area contributed by atoms with Crippen LogP contribution in [-0.4, -0.2) is 24.2 Å². The van der Waals surface area contributed by atoms with Crippen molar-refractivity contribution >= 4 is 31.9 Å². The molecule has 0 spiro atoms. The first-order chi connectivity index (χ1) is 12.6. The van der Waals surface area contributed by atoms with Gasteiger partial charge in [-0.1, -0.05) is 29.8 Å². The number of piperidine rings is 1. The predicted octanol–water partition coefficient (Wildman–Crippen LogP) is 5.34. The van der Waals surface area contributed by atoms with E-state index in [9.17, 15) is 5.11 Å². The van der Waals surface area contributed by atoms with E-state index in [4.69, 9.17) is 0 Å². The summed E-state index contributed by atoms with van der Waals surface area (Å²) in [6.45, 7) is 6.19. The van der Waals surface area contributed by atoms with Crippen molar-refractivity contribution in [3.63, 3.8) is 0 Å². The van der Waals surface area contributed by atoms with Gasteiger partial charge in [0, 0.05) is 21.1 Å². The molecule has 2 unspecified atom stereocenters. The Morgan fingerprint density at radius 1 is 1.08 bits per heavy atom. The molecular weight excluding hydrogens is 456 g/mol. The minimum atomic E-state index is 0.344. The normalized spacial score (nSPS) is 25.4. The first kappa shape index (κ1) is 20.0. The van der Waals surface area contributed by atoms with Crippen LogP contribution in [0.5, 0.6) is 5.75 Å². The van der Waals surface area contributed by atoms with Crippen LogP contribution in [0.4, 0.5) is 0 Å². The van der Waals surface area contributed by atoms with E-state index in [1.54, 1.807) is 0 Å². The molecule has 0 amide bonds. The van der Waals surface area contributed by atoms with Crippen LogP contribution < -0.4 is 10.6 Å². The largest absolute Gasteiger partial charge is 0.508 e. The third kappa shape index (κ3) is 4.05. The van der Waals surface area contributed by atoms with Gasteiger partial charge >= 0.3 is 0 Å². The number of allylic oxidation sites excluding steroid dienone is 2. The lowest BCUT2D eigenvalue weighted by Crippen LogP contribution is -2.41. The summed E-state index contributed by atoms with van der Waals surface area (Å²) in [4.78, 5) is 0. The van der Waals surface area contributed by atoms with Crippen LogP contribution in [0.3, 0.4) is 0 Å². The summed E-state index contributed by atoms with van der Waals surface area (Å²) in [5, 5.41) is 17.2. The number of rotatable bonds is 1. The molecule has 3 N–H and O–H groups in total. The number of fused-ring (bicyclic) bond motifs is 2. The second-order valence-electron chi connectivity index (χ2n) is 7.01. The fourth-order valence-electron chi connectivity index (χ4n) is 4.54. The van der Waals surface area contributed by atoms with Crippen LogP contribution in [0.15, 0.2) is 38.9 Å². The van der Waals surface area contributed by atoms with Gasteiger partial charge in [0.15, 0.2) is 0 Å². The second-order valence-corrected chi connectivity index (χ2v) is 8.78. The zero-order valence-electron chi connectivity index (χ0n) is 15.5. The lowest BCUT2D eigenvalue weighted by molar-refractivity contribution is 0.287. The average molecular weight is 484 g/mol. The molecule has 5 heteroatoms. The molecule has 4 rings (SSSR count). The zero-order valence-corrected chi connectivity index (χ0v) is 18.7. The number of halogens is 2. The van der Waals surface area contributed by atoms with E-state index < -0.39 is 0 Å². The Morgan fingerprint density at radius 2 is 1.81 bits per heavy atom. The minimum Gasteiger partial charge on any atom is -0.508 e. The minimum absolute atomic E-state index is 0.344. The van der Waals surface area contributed by atoms with E-state index in [2.05, 4.69) is 54.8 Å². The van der Waals surface area contributed by atoms with Crippen molar-refractivity contribution in [2.24, 2.45) is 5.92 Å². The molecule has 2 aliphatic heterocycles. The second kappa shape index (κ2) is 8.94. The van der Waals surface area contributed by atoms with Crippen LogP contribution in [-0.2, 0) is 6.42 Å². The van der Waals surface area contributed by atoms with Crippen LogP contribution in [0.25, 0.3) is 0 Å². The molecule has 1 aliphatic carbocycles. The molecule has 0 aromatic heterocycles. The van der Waals surface area contributed by atoms with Crippen LogP contribution in [0.1, 0.15) is 50.2 Å². The Bertz CT molecular complexity index is 708. The van der Waals surface area contributed by atoms with Gasteiger partial charge in [-0.15, -0.1) is 0 Å². The van der Waals surface area contributed by atoms with Gasteiger partial charge in [0.2, 0.25) is 0 Å². The zero-order chi connectivity index (χ0) is 18.7. The summed E-state index contributed by atoms with van der Waals surface area (Å²) in [7, 11) is 0. The molecule has 2 heterocycles. The van der Waals surface area contributed by atoms with E-state index >= 15 is 0 Å². The maximum absolute atomic E-state index is 10.1. The van der Waals surface area contributed by atoms with Gasteiger partial charge in [-0.2, -0.15) is 0 Å². The Hall–Kier alpha value is -0.780. The highest BCUT2D eigenvalue weighted by Crippen LogP contribution is 2.46. The van der Waals surface area contributed by atoms with Crippen molar-refractivity contribution in [1.82, 2.24) is 10.6 Å². The first-order valence-corrected chi connectivity index (χ1v) is 11.3. The number of aryl methyl sites for hydroxylation is 1. The van der Waals surface area contributed by atoms with E-state index in [-0.39, 0.29) is 0 Å². The molecule has 2 atom stereocenters. The highest BCUT2D eigenvalue weighted by molar-refractivity contribution is 9.12. The first-order valence-electron chi connectivity index (χ1n) is 9.67. The maximum Gasteiger partial charge on any atom is 0.116 e. The number of phenolic OH excluding ortho intramolecular Hbond substituents is 1. The Morgan fingerprint density at radius 3 is 2.54 bits per heavy atom. The summed E-state index contributed by atoms with van der Waals surface area (Å²) < 4.78 is 2.17. The standard InChI is InChI=1S/C19H22Br2N2O.C2H6/c20-14-7-13-2-1-12-8-15(24)9-16(21)17(12)18(19(13)23-10-14)11-3-5-22-6-4-11;1-2/h7-11,18-19,22-24H,1-6H2;1-2H3. The summed E-state index contributed by atoms with van der Waals surface area (Å²) >= 11 is 7.37. The van der Waals surface area contributed by atoms with E-state index in [0.717, 1.165) is 34.9 Å². The molecule has 1 fully saturated rings. The number of aromatic hydroxyl groups is 1. The number of dihydropyridines is 1. The fraction of sp³-hybridized carbons (Fsp3) is 0.524. The molecule has 1 saturated heterocycles. The molecular formula is C21H28Br2N2O. The van der Waals surface area contributed by atoms with E-state index in [0.29, 0.717) is 23.6 Å². The van der Waals surface area contributed by atoms with Crippen LogP contribution in [0, 0.1) is 5.92 Å². The number of benzene rings is 1. The highest BCUT2D eigenvalue weighted by Gasteiger charge is 2.38. The van der Waals surface area contributed by atoms with Crippen molar-refractivity contribution in [3.05, 3.63) is 50.1 Å². The van der Waals surface area contributed by atoms with Gasteiger partial charge < -0.3 is 15.7 Å².